The lowest BCUT2D eigenvalue weighted by molar-refractivity contribution is 0.113. The highest BCUT2D eigenvalue weighted by molar-refractivity contribution is 5.74. The van der Waals surface area contributed by atoms with Crippen LogP contribution in [0, 0.1) is 5.92 Å². The van der Waals surface area contributed by atoms with Gasteiger partial charge in [0.15, 0.2) is 0 Å². The summed E-state index contributed by atoms with van der Waals surface area (Å²) in [6, 6.07) is 11.1. The third-order valence-electron chi connectivity index (χ3n) is 5.73. The third-order valence-corrected chi connectivity index (χ3v) is 5.73. The average Bonchev–Trinajstić information content (AvgIpc) is 3.14. The van der Waals surface area contributed by atoms with Crippen LogP contribution in [-0.4, -0.2) is 59.3 Å². The van der Waals surface area contributed by atoms with Crippen molar-refractivity contribution in [2.45, 2.75) is 57.3 Å². The zero-order chi connectivity index (χ0) is 17.8. The average molecular weight is 345 g/mol. The lowest BCUT2D eigenvalue weighted by Crippen LogP contribution is -2.46. The molecule has 4 unspecified atom stereocenters. The van der Waals surface area contributed by atoms with Gasteiger partial charge in [0.05, 0.1) is 6.10 Å². The van der Waals surface area contributed by atoms with E-state index in [9.17, 15) is 9.90 Å². The van der Waals surface area contributed by atoms with Crippen molar-refractivity contribution in [3.05, 3.63) is 35.9 Å². The smallest absolute Gasteiger partial charge is 0.317 e. The molecule has 0 spiro atoms. The van der Waals surface area contributed by atoms with Gasteiger partial charge in [-0.05, 0) is 31.7 Å². The Balaban J connectivity index is 1.47. The normalized spacial score (nSPS) is 29.7. The standard InChI is InChI=1S/C20H31N3O2/c1-15-11-18(14-23(15)12-16-7-4-3-5-8-16)21-20(25)22(2)13-17-9-6-10-19(17)24/h3-5,7-8,15,17-19,24H,6,9-14H2,1-2H3,(H,21,25). The topological polar surface area (TPSA) is 55.8 Å². The predicted molar refractivity (Wildman–Crippen MR) is 99.2 cm³/mol. The van der Waals surface area contributed by atoms with Gasteiger partial charge in [0.25, 0.3) is 0 Å². The monoisotopic (exact) mass is 345 g/mol. The number of amides is 2. The number of benzene rings is 1. The van der Waals surface area contributed by atoms with Crippen LogP contribution in [0.3, 0.4) is 0 Å². The van der Waals surface area contributed by atoms with Crippen molar-refractivity contribution in [1.29, 1.82) is 0 Å². The van der Waals surface area contributed by atoms with Crippen LogP contribution in [0.5, 0.6) is 0 Å². The van der Waals surface area contributed by atoms with Gasteiger partial charge in [-0.2, -0.15) is 0 Å². The number of likely N-dealkylation sites (tertiary alicyclic amines) is 1. The van der Waals surface area contributed by atoms with Gasteiger partial charge in [-0.3, -0.25) is 4.90 Å². The van der Waals surface area contributed by atoms with E-state index in [1.165, 1.54) is 5.56 Å². The van der Waals surface area contributed by atoms with Crippen LogP contribution in [-0.2, 0) is 6.54 Å². The van der Waals surface area contributed by atoms with E-state index in [0.29, 0.717) is 12.6 Å². The summed E-state index contributed by atoms with van der Waals surface area (Å²) in [7, 11) is 1.83. The number of nitrogens with one attached hydrogen (secondary N) is 1. The number of aliphatic hydroxyl groups excluding tert-OH is 1. The Morgan fingerprint density at radius 3 is 2.76 bits per heavy atom. The molecule has 2 aliphatic rings. The Kier molecular flexibility index (Phi) is 5.97. The molecule has 2 amide bonds. The summed E-state index contributed by atoms with van der Waals surface area (Å²) in [6.45, 7) is 4.69. The molecule has 138 valence electrons. The summed E-state index contributed by atoms with van der Waals surface area (Å²) in [5, 5.41) is 13.1. The van der Waals surface area contributed by atoms with E-state index < -0.39 is 0 Å². The molecule has 5 nitrogen and oxygen atoms in total. The summed E-state index contributed by atoms with van der Waals surface area (Å²) in [4.78, 5) is 16.7. The number of aliphatic hydroxyl groups is 1. The third kappa shape index (κ3) is 4.73. The molecule has 1 saturated carbocycles. The minimum atomic E-state index is -0.247. The van der Waals surface area contributed by atoms with Gasteiger partial charge >= 0.3 is 6.03 Å². The molecule has 2 N–H and O–H groups in total. The fourth-order valence-electron chi connectivity index (χ4n) is 4.19. The highest BCUT2D eigenvalue weighted by Gasteiger charge is 2.32. The van der Waals surface area contributed by atoms with Crippen LogP contribution in [0.1, 0.15) is 38.2 Å². The van der Waals surface area contributed by atoms with E-state index in [4.69, 9.17) is 0 Å². The molecular formula is C20H31N3O2. The second-order valence-electron chi connectivity index (χ2n) is 7.79. The molecule has 1 saturated heterocycles. The van der Waals surface area contributed by atoms with E-state index in [-0.39, 0.29) is 24.1 Å². The van der Waals surface area contributed by atoms with Crippen LogP contribution in [0.4, 0.5) is 4.79 Å². The minimum absolute atomic E-state index is 0.0159. The molecule has 1 aliphatic carbocycles. The highest BCUT2D eigenvalue weighted by atomic mass is 16.3. The molecule has 4 atom stereocenters. The first-order chi connectivity index (χ1) is 12.0. The Bertz CT molecular complexity index is 565. The lowest BCUT2D eigenvalue weighted by atomic mass is 10.1. The first-order valence-corrected chi connectivity index (χ1v) is 9.50. The van der Waals surface area contributed by atoms with Crippen LogP contribution < -0.4 is 5.32 Å². The van der Waals surface area contributed by atoms with Crippen molar-refractivity contribution in [3.8, 4) is 0 Å². The maximum absolute atomic E-state index is 12.5. The first-order valence-electron chi connectivity index (χ1n) is 9.50. The maximum atomic E-state index is 12.5. The number of carbonyl (C=O) groups is 1. The summed E-state index contributed by atoms with van der Waals surface area (Å²) >= 11 is 0. The zero-order valence-corrected chi connectivity index (χ0v) is 15.4. The predicted octanol–water partition coefficient (Wildman–Crippen LogP) is 2.45. The largest absolute Gasteiger partial charge is 0.393 e. The van der Waals surface area contributed by atoms with Gasteiger partial charge in [-0.1, -0.05) is 36.8 Å². The van der Waals surface area contributed by atoms with Crippen molar-refractivity contribution in [1.82, 2.24) is 15.1 Å². The van der Waals surface area contributed by atoms with Gasteiger partial charge < -0.3 is 15.3 Å². The number of rotatable bonds is 5. The van der Waals surface area contributed by atoms with Crippen molar-refractivity contribution in [2.24, 2.45) is 5.92 Å². The Morgan fingerprint density at radius 1 is 1.32 bits per heavy atom. The van der Waals surface area contributed by atoms with Crippen molar-refractivity contribution >= 4 is 6.03 Å². The number of hydrogen-bond donors (Lipinski definition) is 2. The molecule has 1 heterocycles. The summed E-state index contributed by atoms with van der Waals surface area (Å²) in [6.07, 6.45) is 3.69. The fraction of sp³-hybridized carbons (Fsp3) is 0.650. The first kappa shape index (κ1) is 18.2. The van der Waals surface area contributed by atoms with Gasteiger partial charge in [-0.15, -0.1) is 0 Å². The van der Waals surface area contributed by atoms with Crippen LogP contribution >= 0.6 is 0 Å². The van der Waals surface area contributed by atoms with E-state index in [0.717, 1.165) is 38.8 Å². The molecule has 1 aliphatic heterocycles. The van der Waals surface area contributed by atoms with Gasteiger partial charge in [-0.25, -0.2) is 4.79 Å². The maximum Gasteiger partial charge on any atom is 0.317 e. The molecule has 0 aromatic heterocycles. The number of hydrogen-bond acceptors (Lipinski definition) is 3. The van der Waals surface area contributed by atoms with Gasteiger partial charge in [0.1, 0.15) is 0 Å². The van der Waals surface area contributed by atoms with Gasteiger partial charge in [0, 0.05) is 44.7 Å². The zero-order valence-electron chi connectivity index (χ0n) is 15.4. The summed E-state index contributed by atoms with van der Waals surface area (Å²) in [5.41, 5.74) is 1.31. The summed E-state index contributed by atoms with van der Waals surface area (Å²) < 4.78 is 0. The second-order valence-corrected chi connectivity index (χ2v) is 7.79. The minimum Gasteiger partial charge on any atom is -0.393 e. The van der Waals surface area contributed by atoms with E-state index in [1.54, 1.807) is 4.90 Å². The molecule has 0 radical (unpaired) electrons. The molecule has 1 aromatic carbocycles. The highest BCUT2D eigenvalue weighted by Crippen LogP contribution is 2.26. The van der Waals surface area contributed by atoms with Crippen molar-refractivity contribution in [2.75, 3.05) is 20.1 Å². The van der Waals surface area contributed by atoms with Crippen LogP contribution in [0.2, 0.25) is 0 Å². The molecule has 25 heavy (non-hydrogen) atoms. The number of urea groups is 1. The Hall–Kier alpha value is -1.59. The van der Waals surface area contributed by atoms with Crippen LogP contribution in [0.15, 0.2) is 30.3 Å². The van der Waals surface area contributed by atoms with Gasteiger partial charge in [0.2, 0.25) is 0 Å². The molecule has 1 aromatic rings. The molecule has 0 bridgehead atoms. The summed E-state index contributed by atoms with van der Waals surface area (Å²) in [5.74, 6) is 0.229. The number of nitrogens with zero attached hydrogens (tertiary/aromatic N) is 2. The SMILES string of the molecule is CC1CC(NC(=O)N(C)CC2CCCC2O)CN1Cc1ccccc1. The second kappa shape index (κ2) is 8.19. The molecule has 5 heteroatoms. The molecule has 3 rings (SSSR count). The van der Waals surface area contributed by atoms with E-state index in [2.05, 4.69) is 41.4 Å². The Morgan fingerprint density at radius 2 is 2.08 bits per heavy atom. The molecular weight excluding hydrogens is 314 g/mol. The van der Waals surface area contributed by atoms with Crippen LogP contribution in [0.25, 0.3) is 0 Å². The number of carbonyl (C=O) groups excluding carboxylic acids is 1. The van der Waals surface area contributed by atoms with Crippen molar-refractivity contribution < 1.29 is 9.90 Å². The quantitative estimate of drug-likeness (QED) is 0.862. The fourth-order valence-corrected chi connectivity index (χ4v) is 4.19. The van der Waals surface area contributed by atoms with E-state index in [1.807, 2.05) is 13.1 Å². The molecule has 2 fully saturated rings. The van der Waals surface area contributed by atoms with Crippen molar-refractivity contribution in [3.63, 3.8) is 0 Å². The van der Waals surface area contributed by atoms with E-state index >= 15 is 0 Å². The Labute approximate surface area is 151 Å². The lowest BCUT2D eigenvalue weighted by Gasteiger charge is -2.25.